The Labute approximate surface area is 113 Å². The van der Waals surface area contributed by atoms with Gasteiger partial charge in [-0.25, -0.2) is 4.39 Å². The van der Waals surface area contributed by atoms with Crippen molar-refractivity contribution in [1.82, 2.24) is 0 Å². The van der Waals surface area contributed by atoms with Crippen LogP contribution in [0.25, 0.3) is 0 Å². The van der Waals surface area contributed by atoms with E-state index in [1.807, 2.05) is 0 Å². The van der Waals surface area contributed by atoms with Gasteiger partial charge in [-0.1, -0.05) is 37.4 Å². The van der Waals surface area contributed by atoms with Crippen molar-refractivity contribution in [3.05, 3.63) is 34.6 Å². The highest BCUT2D eigenvalue weighted by Gasteiger charge is 2.34. The molecule has 0 spiro atoms. The second-order valence-electron chi connectivity index (χ2n) is 5.36. The van der Waals surface area contributed by atoms with E-state index in [2.05, 4.69) is 6.92 Å². The van der Waals surface area contributed by atoms with E-state index < -0.39 is 5.60 Å². The molecular formula is C15H20ClFO. The summed E-state index contributed by atoms with van der Waals surface area (Å²) in [5.41, 5.74) is -0.609. The van der Waals surface area contributed by atoms with Gasteiger partial charge in [0.15, 0.2) is 0 Å². The number of benzene rings is 1. The average Bonchev–Trinajstić information content (AvgIpc) is 2.51. The Balaban J connectivity index is 2.24. The molecule has 2 rings (SSSR count). The number of rotatable bonds is 2. The lowest BCUT2D eigenvalue weighted by Crippen LogP contribution is -2.26. The van der Waals surface area contributed by atoms with Gasteiger partial charge in [-0.15, -0.1) is 0 Å². The van der Waals surface area contributed by atoms with Gasteiger partial charge in [-0.3, -0.25) is 0 Å². The van der Waals surface area contributed by atoms with Crippen molar-refractivity contribution in [2.24, 2.45) is 5.92 Å². The molecule has 1 aromatic rings. The molecule has 1 fully saturated rings. The Bertz CT molecular complexity index is 421. The zero-order chi connectivity index (χ0) is 13.2. The largest absolute Gasteiger partial charge is 0.385 e. The molecule has 0 saturated heterocycles. The van der Waals surface area contributed by atoms with Crippen LogP contribution in [0.15, 0.2) is 18.2 Å². The standard InChI is InChI=1S/C15H20ClFO/c1-2-11-4-3-8-15(18,9-7-11)13-6-5-12(16)10-14(13)17/h5-6,10-11,18H,2-4,7-9H2,1H3. The lowest BCUT2D eigenvalue weighted by Gasteiger charge is -2.27. The van der Waals surface area contributed by atoms with E-state index in [-0.39, 0.29) is 5.82 Å². The van der Waals surface area contributed by atoms with E-state index in [1.165, 1.54) is 6.07 Å². The highest BCUT2D eigenvalue weighted by Crippen LogP contribution is 2.40. The topological polar surface area (TPSA) is 20.2 Å². The van der Waals surface area contributed by atoms with Gasteiger partial charge >= 0.3 is 0 Å². The van der Waals surface area contributed by atoms with Crippen LogP contribution >= 0.6 is 11.6 Å². The molecular weight excluding hydrogens is 251 g/mol. The molecule has 2 unspecified atom stereocenters. The molecule has 3 heteroatoms. The number of hydrogen-bond acceptors (Lipinski definition) is 1. The first kappa shape index (κ1) is 13.8. The van der Waals surface area contributed by atoms with Crippen LogP contribution in [0.4, 0.5) is 4.39 Å². The van der Waals surface area contributed by atoms with Crippen LogP contribution in [0.1, 0.15) is 51.0 Å². The fraction of sp³-hybridized carbons (Fsp3) is 0.600. The monoisotopic (exact) mass is 270 g/mol. The molecule has 1 aliphatic rings. The number of halogens is 2. The molecule has 1 saturated carbocycles. The van der Waals surface area contributed by atoms with Gasteiger partial charge in [0.05, 0.1) is 5.60 Å². The lowest BCUT2D eigenvalue weighted by atomic mass is 9.85. The summed E-state index contributed by atoms with van der Waals surface area (Å²) in [6, 6.07) is 4.57. The van der Waals surface area contributed by atoms with Gasteiger partial charge in [0.25, 0.3) is 0 Å². The third-order valence-electron chi connectivity index (χ3n) is 4.18. The average molecular weight is 271 g/mol. The van der Waals surface area contributed by atoms with Crippen LogP contribution in [0.2, 0.25) is 5.02 Å². The van der Waals surface area contributed by atoms with E-state index in [9.17, 15) is 9.50 Å². The van der Waals surface area contributed by atoms with E-state index in [0.717, 1.165) is 25.7 Å². The molecule has 0 aliphatic heterocycles. The second kappa shape index (κ2) is 5.58. The minimum atomic E-state index is -1.02. The summed E-state index contributed by atoms with van der Waals surface area (Å²) in [7, 11) is 0. The molecule has 0 bridgehead atoms. The Hall–Kier alpha value is -0.600. The molecule has 18 heavy (non-hydrogen) atoms. The Kier molecular flexibility index (Phi) is 4.29. The van der Waals surface area contributed by atoms with Crippen molar-refractivity contribution in [2.75, 3.05) is 0 Å². The SMILES string of the molecule is CCC1CCCC(O)(c2ccc(Cl)cc2F)CC1. The van der Waals surface area contributed by atoms with Gasteiger partial charge in [0.1, 0.15) is 5.82 Å². The number of hydrogen-bond donors (Lipinski definition) is 1. The van der Waals surface area contributed by atoms with Crippen molar-refractivity contribution >= 4 is 11.6 Å². The molecule has 0 amide bonds. The van der Waals surface area contributed by atoms with Crippen LogP contribution in [-0.2, 0) is 5.60 Å². The van der Waals surface area contributed by atoms with Crippen molar-refractivity contribution in [3.8, 4) is 0 Å². The minimum Gasteiger partial charge on any atom is -0.385 e. The first-order valence-corrected chi connectivity index (χ1v) is 7.11. The van der Waals surface area contributed by atoms with Crippen LogP contribution in [0, 0.1) is 11.7 Å². The van der Waals surface area contributed by atoms with Crippen molar-refractivity contribution in [2.45, 2.75) is 51.0 Å². The van der Waals surface area contributed by atoms with Crippen LogP contribution < -0.4 is 0 Å². The summed E-state index contributed by atoms with van der Waals surface area (Å²) in [5.74, 6) is 0.273. The molecule has 1 aliphatic carbocycles. The fourth-order valence-corrected chi connectivity index (χ4v) is 3.10. The van der Waals surface area contributed by atoms with Crippen molar-refractivity contribution in [1.29, 1.82) is 0 Å². The van der Waals surface area contributed by atoms with E-state index in [4.69, 9.17) is 11.6 Å². The minimum absolute atomic E-state index is 0.375. The quantitative estimate of drug-likeness (QED) is 0.775. The second-order valence-corrected chi connectivity index (χ2v) is 5.80. The maximum Gasteiger partial charge on any atom is 0.130 e. The Morgan fingerprint density at radius 1 is 1.39 bits per heavy atom. The summed E-state index contributed by atoms with van der Waals surface area (Å²) in [5, 5.41) is 11.1. The Morgan fingerprint density at radius 3 is 2.83 bits per heavy atom. The predicted octanol–water partition coefficient (Wildman–Crippen LogP) is 4.66. The smallest absolute Gasteiger partial charge is 0.130 e. The third-order valence-corrected chi connectivity index (χ3v) is 4.41. The lowest BCUT2D eigenvalue weighted by molar-refractivity contribution is 0.0162. The van der Waals surface area contributed by atoms with Crippen molar-refractivity contribution in [3.63, 3.8) is 0 Å². The summed E-state index contributed by atoms with van der Waals surface area (Å²) < 4.78 is 13.9. The summed E-state index contributed by atoms with van der Waals surface area (Å²) in [4.78, 5) is 0. The molecule has 0 radical (unpaired) electrons. The molecule has 100 valence electrons. The maximum absolute atomic E-state index is 13.9. The van der Waals surface area contributed by atoms with E-state index in [1.54, 1.807) is 12.1 Å². The first-order chi connectivity index (χ1) is 8.55. The van der Waals surface area contributed by atoms with Crippen molar-refractivity contribution < 1.29 is 9.50 Å². The number of aliphatic hydroxyl groups is 1. The zero-order valence-electron chi connectivity index (χ0n) is 10.8. The van der Waals surface area contributed by atoms with E-state index >= 15 is 0 Å². The highest BCUT2D eigenvalue weighted by atomic mass is 35.5. The van der Waals surface area contributed by atoms with Crippen LogP contribution in [0.5, 0.6) is 0 Å². The van der Waals surface area contributed by atoms with Crippen LogP contribution in [0.3, 0.4) is 0 Å². The van der Waals surface area contributed by atoms with Gasteiger partial charge in [0, 0.05) is 10.6 Å². The maximum atomic E-state index is 13.9. The molecule has 0 aromatic heterocycles. The Morgan fingerprint density at radius 2 is 2.17 bits per heavy atom. The van der Waals surface area contributed by atoms with Gasteiger partial charge in [-0.2, -0.15) is 0 Å². The highest BCUT2D eigenvalue weighted by molar-refractivity contribution is 6.30. The van der Waals surface area contributed by atoms with Gasteiger partial charge in [0.2, 0.25) is 0 Å². The van der Waals surface area contributed by atoms with Gasteiger partial charge < -0.3 is 5.11 Å². The summed E-state index contributed by atoms with van der Waals surface area (Å²) >= 11 is 5.76. The zero-order valence-corrected chi connectivity index (χ0v) is 11.5. The van der Waals surface area contributed by atoms with Crippen LogP contribution in [-0.4, -0.2) is 5.11 Å². The fourth-order valence-electron chi connectivity index (χ4n) is 2.94. The predicted molar refractivity (Wildman–Crippen MR) is 72.2 cm³/mol. The first-order valence-electron chi connectivity index (χ1n) is 6.73. The molecule has 1 N–H and O–H groups in total. The normalized spacial score (nSPS) is 29.0. The molecule has 1 nitrogen and oxygen atoms in total. The summed E-state index contributed by atoms with van der Waals surface area (Å²) in [6.45, 7) is 2.18. The third kappa shape index (κ3) is 2.86. The molecule has 2 atom stereocenters. The summed E-state index contributed by atoms with van der Waals surface area (Å²) in [6.07, 6.45) is 5.48. The van der Waals surface area contributed by atoms with E-state index in [0.29, 0.717) is 29.3 Å². The molecule has 0 heterocycles. The van der Waals surface area contributed by atoms with Gasteiger partial charge in [-0.05, 0) is 43.7 Å². The molecule has 1 aromatic carbocycles.